The van der Waals surface area contributed by atoms with Crippen LogP contribution in [-0.4, -0.2) is 66.3 Å². The monoisotopic (exact) mass is 913 g/mol. The van der Waals surface area contributed by atoms with Crippen molar-refractivity contribution in [3.05, 3.63) is 122 Å². The van der Waals surface area contributed by atoms with E-state index >= 15 is 0 Å². The van der Waals surface area contributed by atoms with E-state index in [-0.39, 0.29) is 13.0 Å². The molecule has 0 spiro atoms. The molecule has 0 aromatic rings. The van der Waals surface area contributed by atoms with Crippen LogP contribution in [0, 0.1) is 0 Å². The number of phosphoric ester groups is 1. The maximum Gasteiger partial charge on any atom is 0.472 e. The third kappa shape index (κ3) is 48.3. The van der Waals surface area contributed by atoms with E-state index in [1.165, 1.54) is 57.8 Å². The predicted molar refractivity (Wildman–Crippen MR) is 269 cm³/mol. The number of carbonyl (C=O) groups excluding carboxylic acids is 1. The van der Waals surface area contributed by atoms with E-state index < -0.39 is 45.8 Å². The molecule has 364 valence electrons. The van der Waals surface area contributed by atoms with Gasteiger partial charge in [0.1, 0.15) is 12.2 Å². The van der Waals surface area contributed by atoms with Gasteiger partial charge in [-0.2, -0.15) is 0 Å². The van der Waals surface area contributed by atoms with E-state index in [2.05, 4.69) is 123 Å². The molecule has 0 saturated heterocycles. The Balaban J connectivity index is 4.22. The number of allylic oxidation sites excluding steroid dienone is 20. The van der Waals surface area contributed by atoms with Gasteiger partial charge in [0.05, 0.1) is 26.4 Å². The summed E-state index contributed by atoms with van der Waals surface area (Å²) in [4.78, 5) is 22.6. The lowest BCUT2D eigenvalue weighted by atomic mass is 10.1. The van der Waals surface area contributed by atoms with Crippen molar-refractivity contribution in [2.24, 2.45) is 0 Å². The molecule has 0 aliphatic carbocycles. The van der Waals surface area contributed by atoms with Crippen LogP contribution in [0.25, 0.3) is 0 Å². The third-order valence-electron chi connectivity index (χ3n) is 9.66. The van der Waals surface area contributed by atoms with Gasteiger partial charge >= 0.3 is 13.8 Å². The van der Waals surface area contributed by atoms with E-state index in [4.69, 9.17) is 23.6 Å². The van der Waals surface area contributed by atoms with Gasteiger partial charge in [0, 0.05) is 13.0 Å². The van der Waals surface area contributed by atoms with Crippen LogP contribution in [0.2, 0.25) is 0 Å². The van der Waals surface area contributed by atoms with Crippen LogP contribution in [0.15, 0.2) is 122 Å². The predicted octanol–water partition coefficient (Wildman–Crippen LogP) is 14.4. The minimum absolute atomic E-state index is 0.00829. The van der Waals surface area contributed by atoms with Crippen molar-refractivity contribution < 1.29 is 43.0 Å². The quantitative estimate of drug-likeness (QED) is 0.0236. The first-order valence-corrected chi connectivity index (χ1v) is 26.0. The molecular weight excluding hydrogens is 824 g/mol. The van der Waals surface area contributed by atoms with E-state index in [0.717, 1.165) is 83.5 Å². The molecule has 0 radical (unpaired) electrons. The fourth-order valence-corrected chi connectivity index (χ4v) is 6.81. The lowest BCUT2D eigenvalue weighted by molar-refractivity contribution is -0.154. The van der Waals surface area contributed by atoms with E-state index in [1.54, 1.807) is 0 Å². The maximum atomic E-state index is 12.6. The summed E-state index contributed by atoms with van der Waals surface area (Å²) < 4.78 is 33.4. The number of rotatable bonds is 45. The Morgan fingerprint density at radius 2 is 0.844 bits per heavy atom. The molecule has 0 aliphatic rings. The lowest BCUT2D eigenvalue weighted by Crippen LogP contribution is -2.29. The molecule has 64 heavy (non-hydrogen) atoms. The van der Waals surface area contributed by atoms with Crippen LogP contribution in [0.1, 0.15) is 168 Å². The van der Waals surface area contributed by atoms with Gasteiger partial charge in [-0.05, 0) is 89.9 Å². The normalized spacial score (nSPS) is 14.9. The minimum atomic E-state index is -4.55. The summed E-state index contributed by atoms with van der Waals surface area (Å²) >= 11 is 0. The number of unbranched alkanes of at least 4 members (excludes halogenated alkanes) is 11. The van der Waals surface area contributed by atoms with Crippen LogP contribution >= 0.6 is 7.82 Å². The summed E-state index contributed by atoms with van der Waals surface area (Å²) in [5, 5.41) is 18.4. The molecule has 3 N–H and O–H groups in total. The number of aliphatic hydroxyl groups is 2. The Morgan fingerprint density at radius 1 is 0.484 bits per heavy atom. The summed E-state index contributed by atoms with van der Waals surface area (Å²) in [6.07, 6.45) is 66.1. The fraction of sp³-hybridized carbons (Fsp3) is 0.611. The number of carbonyl (C=O) groups is 1. The Kier molecular flexibility index (Phi) is 46.9. The average Bonchev–Trinajstić information content (AvgIpc) is 3.29. The fourth-order valence-electron chi connectivity index (χ4n) is 6.02. The van der Waals surface area contributed by atoms with Gasteiger partial charge in [0.2, 0.25) is 0 Å². The van der Waals surface area contributed by atoms with Gasteiger partial charge in [-0.3, -0.25) is 13.8 Å². The van der Waals surface area contributed by atoms with Crippen molar-refractivity contribution in [1.82, 2.24) is 0 Å². The largest absolute Gasteiger partial charge is 0.472 e. The highest BCUT2D eigenvalue weighted by molar-refractivity contribution is 7.47. The molecule has 0 heterocycles. The van der Waals surface area contributed by atoms with Crippen molar-refractivity contribution in [3.8, 4) is 0 Å². The third-order valence-corrected chi connectivity index (χ3v) is 10.6. The first-order chi connectivity index (χ1) is 31.3. The Morgan fingerprint density at radius 3 is 1.27 bits per heavy atom. The van der Waals surface area contributed by atoms with E-state index in [1.807, 2.05) is 12.2 Å². The molecule has 0 aromatic heterocycles. The summed E-state index contributed by atoms with van der Waals surface area (Å²) in [7, 11) is -4.55. The Hall–Kier alpha value is -3.14. The summed E-state index contributed by atoms with van der Waals surface area (Å²) in [6.45, 7) is 3.16. The lowest BCUT2D eigenvalue weighted by Gasteiger charge is -2.20. The van der Waals surface area contributed by atoms with Gasteiger partial charge in [0.25, 0.3) is 0 Å². The molecular formula is C54H89O9P. The molecule has 0 rings (SSSR count). The van der Waals surface area contributed by atoms with Crippen molar-refractivity contribution in [2.75, 3.05) is 33.0 Å². The van der Waals surface area contributed by atoms with E-state index in [9.17, 15) is 19.4 Å². The van der Waals surface area contributed by atoms with Crippen molar-refractivity contribution in [1.29, 1.82) is 0 Å². The number of ether oxygens (including phenoxy) is 2. The first kappa shape index (κ1) is 60.9. The molecule has 0 aromatic carbocycles. The molecule has 0 amide bonds. The van der Waals surface area contributed by atoms with Gasteiger partial charge in [-0.1, -0.05) is 193 Å². The summed E-state index contributed by atoms with van der Waals surface area (Å²) in [5.74, 6) is -0.469. The van der Waals surface area contributed by atoms with Gasteiger partial charge in [-0.25, -0.2) is 4.57 Å². The van der Waals surface area contributed by atoms with E-state index in [0.29, 0.717) is 13.0 Å². The highest BCUT2D eigenvalue weighted by Gasteiger charge is 2.26. The zero-order valence-corrected chi connectivity index (χ0v) is 40.8. The SMILES string of the molecule is CC/C=C\C/C=C\C/C=C\C/C=C\C/C=C\C/C=C\CCC(=O)OC(COCCCCCCCCCCCCC/C=C\C/C=C\C/C=C\C/C=C\CC)COP(=O)(O)OCC(O)CO. The molecule has 0 saturated carbocycles. The Bertz CT molecular complexity index is 1400. The van der Waals surface area contributed by atoms with Crippen molar-refractivity contribution >= 4 is 13.8 Å². The topological polar surface area (TPSA) is 132 Å². The molecule has 3 atom stereocenters. The second kappa shape index (κ2) is 49.3. The highest BCUT2D eigenvalue weighted by atomic mass is 31.2. The molecule has 0 bridgehead atoms. The second-order valence-corrected chi connectivity index (χ2v) is 17.2. The molecule has 9 nitrogen and oxygen atoms in total. The summed E-state index contributed by atoms with van der Waals surface area (Å²) in [5.41, 5.74) is 0. The highest BCUT2D eigenvalue weighted by Crippen LogP contribution is 2.43. The molecule has 3 unspecified atom stereocenters. The Labute approximate surface area is 390 Å². The van der Waals surface area contributed by atoms with Crippen LogP contribution in [0.5, 0.6) is 0 Å². The smallest absolute Gasteiger partial charge is 0.457 e. The second-order valence-electron chi connectivity index (χ2n) is 15.7. The zero-order valence-electron chi connectivity index (χ0n) is 39.9. The van der Waals surface area contributed by atoms with Crippen LogP contribution < -0.4 is 0 Å². The zero-order chi connectivity index (χ0) is 46.7. The van der Waals surface area contributed by atoms with Crippen LogP contribution in [0.4, 0.5) is 0 Å². The molecule has 10 heteroatoms. The minimum Gasteiger partial charge on any atom is -0.457 e. The van der Waals surface area contributed by atoms with Crippen LogP contribution in [-0.2, 0) is 27.9 Å². The molecule has 0 aliphatic heterocycles. The first-order valence-electron chi connectivity index (χ1n) is 24.5. The molecule has 0 fully saturated rings. The van der Waals surface area contributed by atoms with Crippen molar-refractivity contribution in [2.45, 2.75) is 180 Å². The number of hydrogen-bond acceptors (Lipinski definition) is 8. The average molecular weight is 913 g/mol. The number of hydrogen-bond donors (Lipinski definition) is 3. The maximum absolute atomic E-state index is 12.6. The van der Waals surface area contributed by atoms with Gasteiger partial charge in [0.15, 0.2) is 0 Å². The number of aliphatic hydroxyl groups excluding tert-OH is 2. The van der Waals surface area contributed by atoms with Crippen LogP contribution in [0.3, 0.4) is 0 Å². The van der Waals surface area contributed by atoms with Gasteiger partial charge < -0.3 is 24.6 Å². The standard InChI is InChI=1S/C54H89O9P/c1-3-5-7-9-11-13-15-17-19-21-23-24-25-26-27-29-31-33-35-37-39-41-43-45-47-60-50-53(51-62-64(58,59)61-49-52(56)48-55)63-54(57)46-44-42-40-38-36-34-32-30-28-22-20-18-16-14-12-10-8-6-4-2/h5-8,11-14,17-20,23-24,28,30,34,36,40,42,52-53,55-56H,3-4,9-10,15-16,21-22,25-27,29,31-33,35,37-39,41,43-51H2,1-2H3,(H,58,59)/b7-5-,8-6-,13-11-,14-12-,19-17-,20-18-,24-23-,30-28-,36-34-,42-40-. The number of esters is 1. The van der Waals surface area contributed by atoms with Gasteiger partial charge in [-0.15, -0.1) is 0 Å². The number of phosphoric acid groups is 1. The van der Waals surface area contributed by atoms with Crippen molar-refractivity contribution in [3.63, 3.8) is 0 Å². The summed E-state index contributed by atoms with van der Waals surface area (Å²) in [6, 6.07) is 0.